The molecule has 0 aliphatic heterocycles. The first kappa shape index (κ1) is 24.6. The molecule has 0 bridgehead atoms. The van der Waals surface area contributed by atoms with Crippen LogP contribution in [0.5, 0.6) is 11.5 Å². The maximum Gasteiger partial charge on any atom is 0.332 e. The van der Waals surface area contributed by atoms with Crippen molar-refractivity contribution in [3.05, 3.63) is 68.4 Å². The van der Waals surface area contributed by atoms with Crippen LogP contribution >= 0.6 is 0 Å². The number of aromatic nitrogens is 2. The van der Waals surface area contributed by atoms with E-state index in [1.54, 1.807) is 24.3 Å². The molecule has 10 heteroatoms. The van der Waals surface area contributed by atoms with Gasteiger partial charge in [-0.15, -0.1) is 0 Å². The first-order chi connectivity index (χ1) is 16.2. The Morgan fingerprint density at radius 2 is 1.65 bits per heavy atom. The van der Waals surface area contributed by atoms with Gasteiger partial charge in [0.2, 0.25) is 5.91 Å². The molecule has 1 aromatic heterocycles. The number of rotatable bonds is 9. The van der Waals surface area contributed by atoms with Crippen molar-refractivity contribution in [3.63, 3.8) is 0 Å². The minimum Gasteiger partial charge on any atom is -0.493 e. The molecule has 0 fully saturated rings. The summed E-state index contributed by atoms with van der Waals surface area (Å²) in [4.78, 5) is 50.5. The molecule has 0 unspecified atom stereocenters. The number of amides is 2. The van der Waals surface area contributed by atoms with Gasteiger partial charge in [-0.3, -0.25) is 23.5 Å². The fraction of sp³-hybridized carbons (Fsp3) is 0.333. The van der Waals surface area contributed by atoms with E-state index in [9.17, 15) is 19.2 Å². The van der Waals surface area contributed by atoms with Gasteiger partial charge < -0.3 is 20.5 Å². The Morgan fingerprint density at radius 1 is 1.03 bits per heavy atom. The fourth-order valence-electron chi connectivity index (χ4n) is 3.55. The van der Waals surface area contributed by atoms with Crippen molar-refractivity contribution < 1.29 is 19.1 Å². The molecule has 0 saturated carbocycles. The number of benzene rings is 2. The Morgan fingerprint density at radius 3 is 2.21 bits per heavy atom. The number of hydrogen-bond donors (Lipinski definition) is 2. The molecule has 1 atom stereocenters. The number of ether oxygens (including phenoxy) is 2. The van der Waals surface area contributed by atoms with E-state index in [0.717, 1.165) is 15.6 Å². The lowest BCUT2D eigenvalue weighted by Gasteiger charge is -2.16. The second-order valence-electron chi connectivity index (χ2n) is 7.93. The smallest absolute Gasteiger partial charge is 0.332 e. The Labute approximate surface area is 195 Å². The van der Waals surface area contributed by atoms with E-state index in [4.69, 9.17) is 15.2 Å². The van der Waals surface area contributed by atoms with E-state index in [-0.39, 0.29) is 29.4 Å². The maximum atomic E-state index is 13.3. The molecule has 3 rings (SSSR count). The Hall–Kier alpha value is -4.08. The molecule has 3 N–H and O–H groups in total. The minimum absolute atomic E-state index is 0.0442. The number of fused-ring (bicyclic) bond motifs is 1. The van der Waals surface area contributed by atoms with Gasteiger partial charge in [-0.1, -0.05) is 19.1 Å². The van der Waals surface area contributed by atoms with Crippen LogP contribution < -0.4 is 31.8 Å². The Kier molecular flexibility index (Phi) is 7.40. The van der Waals surface area contributed by atoms with E-state index < -0.39 is 23.7 Å². The normalized spacial score (nSPS) is 11.8. The number of primary amides is 1. The monoisotopic (exact) mass is 468 g/mol. The summed E-state index contributed by atoms with van der Waals surface area (Å²) in [6, 6.07) is 9.59. The van der Waals surface area contributed by atoms with E-state index in [1.165, 1.54) is 26.4 Å². The van der Waals surface area contributed by atoms with E-state index in [2.05, 4.69) is 5.32 Å². The molecule has 3 aromatic rings. The largest absolute Gasteiger partial charge is 0.493 e. The minimum atomic E-state index is -0.736. The van der Waals surface area contributed by atoms with Crippen molar-refractivity contribution in [2.24, 2.45) is 5.73 Å². The van der Waals surface area contributed by atoms with Crippen molar-refractivity contribution >= 4 is 22.7 Å². The number of nitrogens with one attached hydrogen (secondary N) is 1. The zero-order valence-electron chi connectivity index (χ0n) is 19.6. The molecule has 0 aliphatic rings. The van der Waals surface area contributed by atoms with Gasteiger partial charge >= 0.3 is 5.69 Å². The quantitative estimate of drug-likeness (QED) is 0.485. The average molecular weight is 469 g/mol. The molecule has 0 saturated heterocycles. The first-order valence-electron chi connectivity index (χ1n) is 10.8. The van der Waals surface area contributed by atoms with Crippen molar-refractivity contribution in [1.82, 2.24) is 14.5 Å². The standard InChI is InChI=1S/C24H28N4O6/c1-5-14(2)26-22(30)16-8-6-15(7-9-16)12-28-23(31)17-10-19(33-3)20(34-4)11-18(17)27(24(28)32)13-21(25)29/h6-11,14H,5,12-13H2,1-4H3,(H2,25,29)(H,26,30)/t14-/m1/s1. The molecule has 0 spiro atoms. The highest BCUT2D eigenvalue weighted by molar-refractivity contribution is 5.94. The van der Waals surface area contributed by atoms with Crippen LogP contribution in [0.1, 0.15) is 36.2 Å². The van der Waals surface area contributed by atoms with E-state index >= 15 is 0 Å². The highest BCUT2D eigenvalue weighted by Crippen LogP contribution is 2.30. The predicted octanol–water partition coefficient (Wildman–Crippen LogP) is 1.24. The topological polar surface area (TPSA) is 135 Å². The summed E-state index contributed by atoms with van der Waals surface area (Å²) in [6.07, 6.45) is 0.808. The SMILES string of the molecule is CC[C@@H](C)NC(=O)c1ccc(Cn2c(=O)c3cc(OC)c(OC)cc3n(CC(N)=O)c2=O)cc1. The highest BCUT2D eigenvalue weighted by atomic mass is 16.5. The van der Waals surface area contributed by atoms with Crippen molar-refractivity contribution in [2.45, 2.75) is 39.4 Å². The van der Waals surface area contributed by atoms with Crippen LogP contribution in [0.25, 0.3) is 10.9 Å². The number of carbonyl (C=O) groups is 2. The highest BCUT2D eigenvalue weighted by Gasteiger charge is 2.18. The summed E-state index contributed by atoms with van der Waals surface area (Å²) in [5, 5.41) is 3.06. The van der Waals surface area contributed by atoms with Gasteiger partial charge in [0, 0.05) is 17.7 Å². The molecular formula is C24H28N4O6. The number of hydrogen-bond acceptors (Lipinski definition) is 6. The van der Waals surface area contributed by atoms with Crippen molar-refractivity contribution in [2.75, 3.05) is 14.2 Å². The van der Waals surface area contributed by atoms with Crippen LogP contribution in [0.4, 0.5) is 0 Å². The Bertz CT molecular complexity index is 1340. The molecule has 180 valence electrons. The molecule has 0 radical (unpaired) electrons. The van der Waals surface area contributed by atoms with Gasteiger partial charge in [0.1, 0.15) is 6.54 Å². The van der Waals surface area contributed by atoms with Crippen LogP contribution in [-0.4, -0.2) is 41.2 Å². The molecule has 2 aromatic carbocycles. The third-order valence-electron chi connectivity index (χ3n) is 5.59. The molecule has 34 heavy (non-hydrogen) atoms. The zero-order valence-corrected chi connectivity index (χ0v) is 19.6. The van der Waals surface area contributed by atoms with Crippen LogP contribution in [0.3, 0.4) is 0 Å². The van der Waals surface area contributed by atoms with Gasteiger partial charge in [-0.2, -0.15) is 0 Å². The number of methoxy groups -OCH3 is 2. The van der Waals surface area contributed by atoms with Crippen LogP contribution in [0.2, 0.25) is 0 Å². The fourth-order valence-corrected chi connectivity index (χ4v) is 3.55. The van der Waals surface area contributed by atoms with Gasteiger partial charge in [0.25, 0.3) is 11.5 Å². The first-order valence-corrected chi connectivity index (χ1v) is 10.8. The maximum absolute atomic E-state index is 13.3. The van der Waals surface area contributed by atoms with Gasteiger partial charge in [0.15, 0.2) is 11.5 Å². The summed E-state index contributed by atoms with van der Waals surface area (Å²) < 4.78 is 12.7. The predicted molar refractivity (Wildman–Crippen MR) is 128 cm³/mol. The van der Waals surface area contributed by atoms with E-state index in [1.807, 2.05) is 13.8 Å². The van der Waals surface area contributed by atoms with Crippen LogP contribution in [0, 0.1) is 0 Å². The summed E-state index contributed by atoms with van der Waals surface area (Å²) >= 11 is 0. The molecular weight excluding hydrogens is 440 g/mol. The molecule has 0 aliphatic carbocycles. The summed E-state index contributed by atoms with van der Waals surface area (Å²) in [7, 11) is 2.86. The Balaban J connectivity index is 2.09. The summed E-state index contributed by atoms with van der Waals surface area (Å²) in [5.74, 6) is -0.329. The lowest BCUT2D eigenvalue weighted by atomic mass is 10.1. The second kappa shape index (κ2) is 10.2. The molecule has 1 heterocycles. The summed E-state index contributed by atoms with van der Waals surface area (Å²) in [6.45, 7) is 3.42. The van der Waals surface area contributed by atoms with Gasteiger partial charge in [0.05, 0.1) is 31.7 Å². The number of nitrogens with two attached hydrogens (primary N) is 1. The number of nitrogens with zero attached hydrogens (tertiary/aromatic N) is 2. The third-order valence-corrected chi connectivity index (χ3v) is 5.59. The van der Waals surface area contributed by atoms with Gasteiger partial charge in [-0.05, 0) is 37.1 Å². The van der Waals surface area contributed by atoms with Crippen molar-refractivity contribution in [3.8, 4) is 11.5 Å². The molecule has 2 amide bonds. The van der Waals surface area contributed by atoms with E-state index in [0.29, 0.717) is 22.6 Å². The number of carbonyl (C=O) groups excluding carboxylic acids is 2. The molecule has 10 nitrogen and oxygen atoms in total. The third kappa shape index (κ3) is 4.95. The van der Waals surface area contributed by atoms with Crippen LogP contribution in [0.15, 0.2) is 46.0 Å². The van der Waals surface area contributed by atoms with Gasteiger partial charge in [-0.25, -0.2) is 4.79 Å². The summed E-state index contributed by atoms with van der Waals surface area (Å²) in [5.41, 5.74) is 5.42. The zero-order chi connectivity index (χ0) is 25.0. The lowest BCUT2D eigenvalue weighted by Crippen LogP contribution is -2.42. The lowest BCUT2D eigenvalue weighted by molar-refractivity contribution is -0.118. The second-order valence-corrected chi connectivity index (χ2v) is 7.93. The van der Waals surface area contributed by atoms with Crippen molar-refractivity contribution in [1.29, 1.82) is 0 Å². The average Bonchev–Trinajstić information content (AvgIpc) is 2.83. The van der Waals surface area contributed by atoms with Crippen LogP contribution in [-0.2, 0) is 17.9 Å².